The lowest BCUT2D eigenvalue weighted by molar-refractivity contribution is 0.123. The maximum absolute atomic E-state index is 12.6. The van der Waals surface area contributed by atoms with Gasteiger partial charge in [-0.15, -0.1) is 0 Å². The SMILES string of the molecule is COc1ccc(N2CCOCC2)c2sc(NC(=O)N3CCN(C)CC3)nc12. The van der Waals surface area contributed by atoms with E-state index in [-0.39, 0.29) is 6.03 Å². The van der Waals surface area contributed by atoms with Gasteiger partial charge in [0.1, 0.15) is 11.3 Å². The number of hydrogen-bond acceptors (Lipinski definition) is 7. The smallest absolute Gasteiger partial charge is 0.323 e. The van der Waals surface area contributed by atoms with E-state index in [0.29, 0.717) is 5.13 Å². The van der Waals surface area contributed by atoms with E-state index in [1.165, 1.54) is 11.3 Å². The third-order valence-corrected chi connectivity index (χ3v) is 6.06. The Morgan fingerprint density at radius 1 is 1.19 bits per heavy atom. The first-order chi connectivity index (χ1) is 13.2. The zero-order chi connectivity index (χ0) is 18.8. The molecule has 9 heteroatoms. The van der Waals surface area contributed by atoms with Gasteiger partial charge in [-0.25, -0.2) is 9.78 Å². The predicted octanol–water partition coefficient (Wildman–Crippen LogP) is 1.92. The molecule has 1 aromatic heterocycles. The summed E-state index contributed by atoms with van der Waals surface area (Å²) < 4.78 is 12.0. The molecule has 1 N–H and O–H groups in total. The Hall–Kier alpha value is -2.10. The number of fused-ring (bicyclic) bond motifs is 1. The van der Waals surface area contributed by atoms with E-state index >= 15 is 0 Å². The molecule has 8 nitrogen and oxygen atoms in total. The molecular formula is C18H25N5O3S. The van der Waals surface area contributed by atoms with Crippen molar-refractivity contribution in [3.05, 3.63) is 12.1 Å². The first-order valence-corrected chi connectivity index (χ1v) is 10.0. The van der Waals surface area contributed by atoms with Crippen LogP contribution in [0.3, 0.4) is 0 Å². The highest BCUT2D eigenvalue weighted by Gasteiger charge is 2.22. The molecule has 0 aliphatic carbocycles. The highest BCUT2D eigenvalue weighted by Crippen LogP contribution is 2.39. The van der Waals surface area contributed by atoms with Gasteiger partial charge in [-0.1, -0.05) is 11.3 Å². The van der Waals surface area contributed by atoms with Crippen molar-refractivity contribution in [1.29, 1.82) is 0 Å². The Morgan fingerprint density at radius 2 is 1.93 bits per heavy atom. The molecule has 2 fully saturated rings. The van der Waals surface area contributed by atoms with Gasteiger partial charge in [0, 0.05) is 39.3 Å². The normalized spacial score (nSPS) is 18.7. The summed E-state index contributed by atoms with van der Waals surface area (Å²) in [4.78, 5) is 23.6. The molecule has 2 aliphatic rings. The van der Waals surface area contributed by atoms with Crippen molar-refractivity contribution in [3.8, 4) is 5.75 Å². The van der Waals surface area contributed by atoms with Crippen LogP contribution in [0.2, 0.25) is 0 Å². The van der Waals surface area contributed by atoms with Crippen LogP contribution in [0.4, 0.5) is 15.6 Å². The van der Waals surface area contributed by atoms with Gasteiger partial charge in [-0.05, 0) is 19.2 Å². The average Bonchev–Trinajstić information content (AvgIpc) is 3.11. The predicted molar refractivity (Wildman–Crippen MR) is 107 cm³/mol. The Morgan fingerprint density at radius 3 is 2.63 bits per heavy atom. The summed E-state index contributed by atoms with van der Waals surface area (Å²) in [6.45, 7) is 6.39. The summed E-state index contributed by atoms with van der Waals surface area (Å²) in [7, 11) is 3.72. The van der Waals surface area contributed by atoms with Crippen molar-refractivity contribution in [3.63, 3.8) is 0 Å². The largest absolute Gasteiger partial charge is 0.494 e. The number of hydrogen-bond donors (Lipinski definition) is 1. The van der Waals surface area contributed by atoms with Gasteiger partial charge in [-0.2, -0.15) is 0 Å². The number of benzene rings is 1. The number of urea groups is 1. The zero-order valence-electron chi connectivity index (χ0n) is 15.7. The molecule has 146 valence electrons. The number of amides is 2. The van der Waals surface area contributed by atoms with E-state index in [9.17, 15) is 4.79 Å². The fourth-order valence-electron chi connectivity index (χ4n) is 3.42. The summed E-state index contributed by atoms with van der Waals surface area (Å²) in [6.07, 6.45) is 0. The van der Waals surface area contributed by atoms with Crippen molar-refractivity contribution in [1.82, 2.24) is 14.8 Å². The summed E-state index contributed by atoms with van der Waals surface area (Å²) in [5.41, 5.74) is 1.91. The second-order valence-electron chi connectivity index (χ2n) is 6.80. The van der Waals surface area contributed by atoms with Gasteiger partial charge in [-0.3, -0.25) is 5.32 Å². The maximum Gasteiger partial charge on any atom is 0.323 e. The molecular weight excluding hydrogens is 366 g/mol. The fraction of sp³-hybridized carbons (Fsp3) is 0.556. The number of carbonyl (C=O) groups excluding carboxylic acids is 1. The molecule has 2 aromatic rings. The number of ether oxygens (including phenoxy) is 2. The van der Waals surface area contributed by atoms with Crippen molar-refractivity contribution in [2.75, 3.05) is 76.9 Å². The first kappa shape index (κ1) is 18.3. The number of rotatable bonds is 3. The van der Waals surface area contributed by atoms with Crippen LogP contribution in [0.5, 0.6) is 5.75 Å². The molecule has 2 aliphatic heterocycles. The van der Waals surface area contributed by atoms with E-state index in [1.807, 2.05) is 11.0 Å². The minimum atomic E-state index is -0.0888. The third kappa shape index (κ3) is 3.80. The molecule has 2 amide bonds. The first-order valence-electron chi connectivity index (χ1n) is 9.20. The molecule has 0 unspecified atom stereocenters. The van der Waals surface area contributed by atoms with Crippen LogP contribution in [0.1, 0.15) is 0 Å². The number of anilines is 2. The van der Waals surface area contributed by atoms with E-state index in [0.717, 1.165) is 74.1 Å². The lowest BCUT2D eigenvalue weighted by Gasteiger charge is -2.32. The number of piperazine rings is 1. The van der Waals surface area contributed by atoms with Crippen LogP contribution in [-0.4, -0.2) is 87.5 Å². The quantitative estimate of drug-likeness (QED) is 0.862. The molecule has 0 bridgehead atoms. The second-order valence-corrected chi connectivity index (χ2v) is 7.80. The van der Waals surface area contributed by atoms with Crippen molar-refractivity contribution in [2.45, 2.75) is 0 Å². The second kappa shape index (κ2) is 7.87. The number of likely N-dealkylation sites (N-methyl/N-ethyl adjacent to an activating group) is 1. The highest BCUT2D eigenvalue weighted by atomic mass is 32.1. The minimum absolute atomic E-state index is 0.0888. The lowest BCUT2D eigenvalue weighted by Crippen LogP contribution is -2.48. The number of nitrogens with one attached hydrogen (secondary N) is 1. The Balaban J connectivity index is 1.59. The molecule has 0 saturated carbocycles. The standard InChI is InChI=1S/C18H25N5O3S/c1-21-5-7-23(8-6-21)18(24)20-17-19-15-14(25-2)4-3-13(16(15)27-17)22-9-11-26-12-10-22/h3-4H,5-12H2,1-2H3,(H,19,20,24). The third-order valence-electron chi connectivity index (χ3n) is 5.06. The van der Waals surface area contributed by atoms with Crippen molar-refractivity contribution < 1.29 is 14.3 Å². The van der Waals surface area contributed by atoms with Crippen LogP contribution in [0, 0.1) is 0 Å². The topological polar surface area (TPSA) is 70.2 Å². The molecule has 4 rings (SSSR count). The van der Waals surface area contributed by atoms with Crippen LogP contribution in [0.15, 0.2) is 12.1 Å². The molecule has 0 spiro atoms. The van der Waals surface area contributed by atoms with Gasteiger partial charge < -0.3 is 24.2 Å². The average molecular weight is 391 g/mol. The van der Waals surface area contributed by atoms with Crippen LogP contribution in [0.25, 0.3) is 10.2 Å². The van der Waals surface area contributed by atoms with Gasteiger partial charge >= 0.3 is 6.03 Å². The summed E-state index contributed by atoms with van der Waals surface area (Å²) in [6, 6.07) is 3.92. The monoisotopic (exact) mass is 391 g/mol. The molecule has 0 atom stereocenters. The van der Waals surface area contributed by atoms with Crippen LogP contribution >= 0.6 is 11.3 Å². The summed E-state index contributed by atoms with van der Waals surface area (Å²) in [5, 5.41) is 3.58. The fourth-order valence-corrected chi connectivity index (χ4v) is 4.43. The minimum Gasteiger partial charge on any atom is -0.494 e. The Kier molecular flexibility index (Phi) is 5.33. The number of thiazole rings is 1. The molecule has 2 saturated heterocycles. The van der Waals surface area contributed by atoms with E-state index in [4.69, 9.17) is 9.47 Å². The number of carbonyl (C=O) groups is 1. The maximum atomic E-state index is 12.6. The number of nitrogens with zero attached hydrogens (tertiary/aromatic N) is 4. The van der Waals surface area contributed by atoms with Gasteiger partial charge in [0.05, 0.1) is 30.7 Å². The van der Waals surface area contributed by atoms with E-state index in [1.54, 1.807) is 7.11 Å². The molecule has 27 heavy (non-hydrogen) atoms. The molecule has 1 aromatic carbocycles. The Labute approximate surface area is 162 Å². The van der Waals surface area contributed by atoms with Gasteiger partial charge in [0.25, 0.3) is 0 Å². The number of aromatic nitrogens is 1. The zero-order valence-corrected chi connectivity index (χ0v) is 16.5. The van der Waals surface area contributed by atoms with Gasteiger partial charge in [0.15, 0.2) is 5.13 Å². The lowest BCUT2D eigenvalue weighted by atomic mass is 10.2. The van der Waals surface area contributed by atoms with Crippen LogP contribution < -0.4 is 15.0 Å². The Bertz CT molecular complexity index is 813. The summed E-state index contributed by atoms with van der Waals surface area (Å²) >= 11 is 1.50. The van der Waals surface area contributed by atoms with Crippen molar-refractivity contribution in [2.24, 2.45) is 0 Å². The van der Waals surface area contributed by atoms with Gasteiger partial charge in [0.2, 0.25) is 0 Å². The van der Waals surface area contributed by atoms with Crippen molar-refractivity contribution >= 4 is 38.4 Å². The highest BCUT2D eigenvalue weighted by molar-refractivity contribution is 7.23. The number of morpholine rings is 1. The number of methoxy groups -OCH3 is 1. The van der Waals surface area contributed by atoms with E-state index < -0.39 is 0 Å². The van der Waals surface area contributed by atoms with E-state index in [2.05, 4.69) is 33.2 Å². The molecule has 0 radical (unpaired) electrons. The van der Waals surface area contributed by atoms with Crippen LogP contribution in [-0.2, 0) is 4.74 Å². The summed E-state index contributed by atoms with van der Waals surface area (Å²) in [5.74, 6) is 0.721. The molecule has 3 heterocycles.